The Hall–Kier alpha value is -3.65. The van der Waals surface area contributed by atoms with Crippen molar-refractivity contribution in [3.63, 3.8) is 0 Å². The van der Waals surface area contributed by atoms with Gasteiger partial charge in [0.05, 0.1) is 13.2 Å². The summed E-state index contributed by atoms with van der Waals surface area (Å²) in [5.74, 6) is -0.497. The van der Waals surface area contributed by atoms with E-state index in [9.17, 15) is 14.4 Å². The van der Waals surface area contributed by atoms with Crippen LogP contribution in [0.1, 0.15) is 31.9 Å². The number of carbonyl (C=O) groups is 2. The van der Waals surface area contributed by atoms with E-state index in [0.29, 0.717) is 11.3 Å². The highest BCUT2D eigenvalue weighted by Gasteiger charge is 2.25. The number of fused-ring (bicyclic) bond motifs is 1. The predicted octanol–water partition coefficient (Wildman–Crippen LogP) is 4.15. The molecular weight excluding hydrogens is 424 g/mol. The Bertz CT molecular complexity index is 1180. The lowest BCUT2D eigenvalue weighted by Gasteiger charge is -2.23. The van der Waals surface area contributed by atoms with Crippen molar-refractivity contribution in [2.24, 2.45) is 0 Å². The standard InChI is InChI=1S/C25H28N2O6/c1-16-12-22(28)32-21-13-18(10-11-19(16)21)26-23(29)20(27-24(30)33-25(2,3)4)15-31-14-17-8-6-5-7-9-17/h5-13,20H,14-15H2,1-4H3,(H,26,29)(H,27,30)/t20-/m0/s1. The normalized spacial score (nSPS) is 12.2. The number of rotatable bonds is 7. The van der Waals surface area contributed by atoms with Gasteiger partial charge in [0.25, 0.3) is 0 Å². The van der Waals surface area contributed by atoms with Crippen molar-refractivity contribution in [1.29, 1.82) is 0 Å². The molecule has 0 radical (unpaired) electrons. The second kappa shape index (κ2) is 10.3. The first-order valence-electron chi connectivity index (χ1n) is 10.6. The second-order valence-corrected chi connectivity index (χ2v) is 8.65. The highest BCUT2D eigenvalue weighted by atomic mass is 16.6. The summed E-state index contributed by atoms with van der Waals surface area (Å²) in [6.07, 6.45) is -0.730. The number of aryl methyl sites for hydroxylation is 1. The number of nitrogens with one attached hydrogen (secondary N) is 2. The predicted molar refractivity (Wildman–Crippen MR) is 125 cm³/mol. The van der Waals surface area contributed by atoms with E-state index >= 15 is 0 Å². The smallest absolute Gasteiger partial charge is 0.408 e. The zero-order chi connectivity index (χ0) is 24.0. The fourth-order valence-corrected chi connectivity index (χ4v) is 3.13. The molecule has 0 aliphatic carbocycles. The van der Waals surface area contributed by atoms with Gasteiger partial charge >= 0.3 is 11.7 Å². The van der Waals surface area contributed by atoms with Crippen LogP contribution in [-0.2, 0) is 20.9 Å². The molecule has 174 valence electrons. The van der Waals surface area contributed by atoms with Crippen molar-refractivity contribution >= 4 is 28.7 Å². The summed E-state index contributed by atoms with van der Waals surface area (Å²) < 4.78 is 16.2. The molecule has 0 unspecified atom stereocenters. The highest BCUT2D eigenvalue weighted by molar-refractivity contribution is 5.98. The molecule has 0 fully saturated rings. The van der Waals surface area contributed by atoms with Crippen LogP contribution in [0.3, 0.4) is 0 Å². The minimum atomic E-state index is -1.01. The summed E-state index contributed by atoms with van der Waals surface area (Å²) in [5.41, 5.74) is 1.30. The molecule has 0 saturated heterocycles. The van der Waals surface area contributed by atoms with Crippen molar-refractivity contribution in [3.8, 4) is 0 Å². The minimum Gasteiger partial charge on any atom is -0.444 e. The molecule has 0 aliphatic heterocycles. The van der Waals surface area contributed by atoms with E-state index in [-0.39, 0.29) is 13.2 Å². The van der Waals surface area contributed by atoms with Gasteiger partial charge in [-0.3, -0.25) is 4.79 Å². The molecule has 1 atom stereocenters. The fourth-order valence-electron chi connectivity index (χ4n) is 3.13. The van der Waals surface area contributed by atoms with Gasteiger partial charge in [0, 0.05) is 23.2 Å². The molecule has 1 heterocycles. The van der Waals surface area contributed by atoms with E-state index in [2.05, 4.69) is 10.6 Å². The molecule has 1 aromatic heterocycles. The molecule has 33 heavy (non-hydrogen) atoms. The Labute approximate surface area is 191 Å². The quantitative estimate of drug-likeness (QED) is 0.522. The van der Waals surface area contributed by atoms with Gasteiger partial charge in [-0.1, -0.05) is 30.3 Å². The third-order valence-corrected chi connectivity index (χ3v) is 4.62. The molecule has 8 nitrogen and oxygen atoms in total. The lowest BCUT2D eigenvalue weighted by atomic mass is 10.1. The first-order chi connectivity index (χ1) is 15.6. The fraction of sp³-hybridized carbons (Fsp3) is 0.320. The van der Waals surface area contributed by atoms with Crippen molar-refractivity contribution in [2.75, 3.05) is 11.9 Å². The topological polar surface area (TPSA) is 107 Å². The number of hydrogen-bond acceptors (Lipinski definition) is 6. The van der Waals surface area contributed by atoms with E-state index < -0.39 is 29.3 Å². The van der Waals surface area contributed by atoms with Crippen LogP contribution in [0.25, 0.3) is 11.0 Å². The molecule has 2 amide bonds. The summed E-state index contributed by atoms with van der Waals surface area (Å²) >= 11 is 0. The van der Waals surface area contributed by atoms with Crippen molar-refractivity contribution in [2.45, 2.75) is 45.9 Å². The Morgan fingerprint density at radius 1 is 1.06 bits per heavy atom. The molecule has 3 aromatic rings. The number of carbonyl (C=O) groups excluding carboxylic acids is 2. The SMILES string of the molecule is Cc1cc(=O)oc2cc(NC(=O)[C@H](COCc3ccccc3)NC(=O)OC(C)(C)C)ccc12. The van der Waals surface area contributed by atoms with Gasteiger partial charge in [-0.05, 0) is 51.0 Å². The summed E-state index contributed by atoms with van der Waals surface area (Å²) in [5, 5.41) is 6.07. The highest BCUT2D eigenvalue weighted by Crippen LogP contribution is 2.21. The van der Waals surface area contributed by atoms with Crippen LogP contribution < -0.4 is 16.3 Å². The maximum atomic E-state index is 13.0. The average molecular weight is 453 g/mol. The van der Waals surface area contributed by atoms with Crippen LogP contribution in [0.2, 0.25) is 0 Å². The Kier molecular flexibility index (Phi) is 7.50. The molecule has 8 heteroatoms. The van der Waals surface area contributed by atoms with E-state index in [1.165, 1.54) is 6.07 Å². The van der Waals surface area contributed by atoms with E-state index in [1.807, 2.05) is 37.3 Å². The third kappa shape index (κ3) is 7.18. The zero-order valence-corrected chi connectivity index (χ0v) is 19.1. The summed E-state index contributed by atoms with van der Waals surface area (Å²) in [4.78, 5) is 36.9. The number of ether oxygens (including phenoxy) is 2. The number of alkyl carbamates (subject to hydrolysis) is 1. The summed E-state index contributed by atoms with van der Waals surface area (Å²) in [7, 11) is 0. The Balaban J connectivity index is 1.73. The van der Waals surface area contributed by atoms with Crippen molar-refractivity contribution in [1.82, 2.24) is 5.32 Å². The molecule has 0 bridgehead atoms. The van der Waals surface area contributed by atoms with E-state index in [4.69, 9.17) is 13.9 Å². The van der Waals surface area contributed by atoms with Gasteiger partial charge in [0.2, 0.25) is 5.91 Å². The van der Waals surface area contributed by atoms with Crippen molar-refractivity contribution in [3.05, 3.63) is 76.1 Å². The first kappa shape index (κ1) is 24.0. The van der Waals surface area contributed by atoms with Gasteiger partial charge in [0.15, 0.2) is 0 Å². The largest absolute Gasteiger partial charge is 0.444 e. The summed E-state index contributed by atoms with van der Waals surface area (Å²) in [6.45, 7) is 7.22. The van der Waals surface area contributed by atoms with Crippen LogP contribution >= 0.6 is 0 Å². The molecule has 2 aromatic carbocycles. The zero-order valence-electron chi connectivity index (χ0n) is 19.1. The first-order valence-corrected chi connectivity index (χ1v) is 10.6. The van der Waals surface area contributed by atoms with Crippen LogP contribution in [0.15, 0.2) is 63.8 Å². The number of amides is 2. The van der Waals surface area contributed by atoms with Gasteiger partial charge in [-0.2, -0.15) is 0 Å². The third-order valence-electron chi connectivity index (χ3n) is 4.62. The number of benzene rings is 2. The maximum absolute atomic E-state index is 13.0. The monoisotopic (exact) mass is 452 g/mol. The second-order valence-electron chi connectivity index (χ2n) is 8.65. The summed E-state index contributed by atoms with van der Waals surface area (Å²) in [6, 6.07) is 14.9. The van der Waals surface area contributed by atoms with E-state index in [1.54, 1.807) is 39.0 Å². The van der Waals surface area contributed by atoms with Gasteiger partial charge in [-0.15, -0.1) is 0 Å². The maximum Gasteiger partial charge on any atom is 0.408 e. The molecule has 0 aliphatic rings. The van der Waals surface area contributed by atoms with Crippen LogP contribution in [0.5, 0.6) is 0 Å². The van der Waals surface area contributed by atoms with Crippen LogP contribution in [0, 0.1) is 6.92 Å². The molecule has 0 spiro atoms. The molecule has 3 rings (SSSR count). The number of anilines is 1. The lowest BCUT2D eigenvalue weighted by Crippen LogP contribution is -2.48. The van der Waals surface area contributed by atoms with Crippen molar-refractivity contribution < 1.29 is 23.5 Å². The van der Waals surface area contributed by atoms with Crippen LogP contribution in [0.4, 0.5) is 10.5 Å². The van der Waals surface area contributed by atoms with E-state index in [0.717, 1.165) is 16.5 Å². The lowest BCUT2D eigenvalue weighted by molar-refractivity contribution is -0.119. The number of hydrogen-bond donors (Lipinski definition) is 2. The van der Waals surface area contributed by atoms with Gasteiger partial charge in [-0.25, -0.2) is 9.59 Å². The van der Waals surface area contributed by atoms with Gasteiger partial charge in [0.1, 0.15) is 17.2 Å². The molecular formula is C25H28N2O6. The Morgan fingerprint density at radius 3 is 2.48 bits per heavy atom. The van der Waals surface area contributed by atoms with Gasteiger partial charge < -0.3 is 24.5 Å². The minimum absolute atomic E-state index is 0.0677. The van der Waals surface area contributed by atoms with Crippen LogP contribution in [-0.4, -0.2) is 30.3 Å². The molecule has 0 saturated carbocycles. The average Bonchev–Trinajstić information content (AvgIpc) is 2.72. The Morgan fingerprint density at radius 2 is 1.79 bits per heavy atom. The molecule has 2 N–H and O–H groups in total.